The molecule has 1 aliphatic heterocycles. The first-order valence-corrected chi connectivity index (χ1v) is 10.9. The van der Waals surface area contributed by atoms with E-state index in [1.54, 1.807) is 35.7 Å². The number of aromatic nitrogens is 5. The van der Waals surface area contributed by atoms with Gasteiger partial charge in [0.05, 0.1) is 23.5 Å². The van der Waals surface area contributed by atoms with Crippen LogP contribution in [0.25, 0.3) is 16.5 Å². The number of carbonyl (C=O) groups excluding carboxylic acids is 1. The third kappa shape index (κ3) is 3.87. The molecule has 4 N–H and O–H groups in total. The van der Waals surface area contributed by atoms with Gasteiger partial charge in [0.1, 0.15) is 18.7 Å². The lowest BCUT2D eigenvalue weighted by Crippen LogP contribution is -2.29. The second-order valence-corrected chi connectivity index (χ2v) is 8.42. The number of nitrogens with one attached hydrogen (secondary N) is 1. The maximum Gasteiger partial charge on any atom is 0.278 e. The maximum absolute atomic E-state index is 15.2. The summed E-state index contributed by atoms with van der Waals surface area (Å²) in [5.41, 5.74) is 6.86. The van der Waals surface area contributed by atoms with E-state index < -0.39 is 18.0 Å². The number of anilines is 3. The van der Waals surface area contributed by atoms with E-state index in [0.29, 0.717) is 41.1 Å². The summed E-state index contributed by atoms with van der Waals surface area (Å²) in [4.78, 5) is 33.8. The SMILES string of the molecule is Cc1c(CO)c(=O)ncn1-c1cc2cc(Nc3cc4n(n3)CC(=O)N(C)CC4)ncc2c(N)c1F. The zero-order valence-electron chi connectivity index (χ0n) is 19.1. The number of aliphatic hydroxyl groups excluding tert-OH is 1. The number of aliphatic hydroxyl groups is 1. The predicted molar refractivity (Wildman–Crippen MR) is 127 cm³/mol. The standard InChI is InChI=1S/C23H23FN8O3/c1-12-16(10-33)23(35)27-11-31(12)17-5-13-6-18(26-8-15(13)22(25)21(17)24)28-19-7-14-3-4-30(2)20(34)9-32(14)29-19/h5-8,11,33H,3-4,9-10,25H2,1-2H3,(H,26,28,29). The number of carbonyl (C=O) groups is 1. The molecule has 0 aliphatic carbocycles. The van der Waals surface area contributed by atoms with Gasteiger partial charge in [0.25, 0.3) is 5.56 Å². The number of halogens is 1. The first-order valence-electron chi connectivity index (χ1n) is 10.9. The predicted octanol–water partition coefficient (Wildman–Crippen LogP) is 1.26. The third-order valence-electron chi connectivity index (χ3n) is 6.28. The summed E-state index contributed by atoms with van der Waals surface area (Å²) >= 11 is 0. The van der Waals surface area contributed by atoms with E-state index in [2.05, 4.69) is 20.4 Å². The number of fused-ring (bicyclic) bond motifs is 2. The fourth-order valence-corrected chi connectivity index (χ4v) is 4.17. The highest BCUT2D eigenvalue weighted by Gasteiger charge is 2.20. The number of pyridine rings is 1. The molecule has 180 valence electrons. The van der Waals surface area contributed by atoms with Crippen LogP contribution in [0.5, 0.6) is 0 Å². The van der Waals surface area contributed by atoms with Crippen LogP contribution >= 0.6 is 0 Å². The van der Waals surface area contributed by atoms with Gasteiger partial charge in [0, 0.05) is 49.1 Å². The first kappa shape index (κ1) is 22.5. The molecule has 5 rings (SSSR count). The number of hydrogen-bond donors (Lipinski definition) is 3. The van der Waals surface area contributed by atoms with Crippen LogP contribution in [-0.2, 0) is 24.4 Å². The molecule has 0 radical (unpaired) electrons. The zero-order chi connectivity index (χ0) is 24.9. The molecule has 12 heteroatoms. The Hall–Kier alpha value is -4.32. The van der Waals surface area contributed by atoms with E-state index in [0.717, 1.165) is 5.69 Å². The number of nitrogens with two attached hydrogens (primary N) is 1. The summed E-state index contributed by atoms with van der Waals surface area (Å²) in [6, 6.07) is 5.15. The fourth-order valence-electron chi connectivity index (χ4n) is 4.17. The molecule has 0 spiro atoms. The van der Waals surface area contributed by atoms with E-state index in [9.17, 15) is 14.7 Å². The Kier molecular flexibility index (Phi) is 5.44. The third-order valence-corrected chi connectivity index (χ3v) is 6.28. The van der Waals surface area contributed by atoms with Crippen LogP contribution in [0, 0.1) is 12.7 Å². The van der Waals surface area contributed by atoms with Crippen LogP contribution in [-0.4, -0.2) is 53.8 Å². The number of nitrogens with zero attached hydrogens (tertiary/aromatic N) is 6. The minimum atomic E-state index is -0.690. The molecule has 35 heavy (non-hydrogen) atoms. The van der Waals surface area contributed by atoms with Crippen molar-refractivity contribution in [1.29, 1.82) is 0 Å². The van der Waals surface area contributed by atoms with E-state index in [1.165, 1.54) is 17.1 Å². The molecule has 0 unspecified atom stereocenters. The van der Waals surface area contributed by atoms with Gasteiger partial charge in [0.2, 0.25) is 5.91 Å². The summed E-state index contributed by atoms with van der Waals surface area (Å²) in [6.45, 7) is 1.86. The summed E-state index contributed by atoms with van der Waals surface area (Å²) in [7, 11) is 1.77. The van der Waals surface area contributed by atoms with Gasteiger partial charge in [-0.25, -0.2) is 9.37 Å². The fraction of sp³-hybridized carbons (Fsp3) is 0.261. The zero-order valence-corrected chi connectivity index (χ0v) is 19.1. The number of amides is 1. The molecule has 0 atom stereocenters. The van der Waals surface area contributed by atoms with Gasteiger partial charge in [-0.2, -0.15) is 10.1 Å². The van der Waals surface area contributed by atoms with Gasteiger partial charge in [-0.15, -0.1) is 0 Å². The molecule has 3 aromatic heterocycles. The van der Waals surface area contributed by atoms with Gasteiger partial charge in [0.15, 0.2) is 11.6 Å². The summed E-state index contributed by atoms with van der Waals surface area (Å²) in [5.74, 6) is 0.290. The molecule has 4 aromatic rings. The summed E-state index contributed by atoms with van der Waals surface area (Å²) in [6.07, 6.45) is 3.36. The molecular weight excluding hydrogens is 455 g/mol. The minimum absolute atomic E-state index is 0.0103. The van der Waals surface area contributed by atoms with Gasteiger partial charge >= 0.3 is 0 Å². The Balaban J connectivity index is 1.53. The highest BCUT2D eigenvalue weighted by Crippen LogP contribution is 2.31. The molecule has 1 aliphatic rings. The summed E-state index contributed by atoms with van der Waals surface area (Å²) in [5, 5.41) is 18.2. The van der Waals surface area contributed by atoms with Crippen molar-refractivity contribution < 1.29 is 14.3 Å². The average molecular weight is 478 g/mol. The van der Waals surface area contributed by atoms with Crippen LogP contribution in [0.15, 0.2) is 35.5 Å². The lowest BCUT2D eigenvalue weighted by molar-refractivity contribution is -0.130. The van der Waals surface area contributed by atoms with Gasteiger partial charge in [-0.1, -0.05) is 0 Å². The van der Waals surface area contributed by atoms with Gasteiger partial charge < -0.3 is 25.6 Å². The quantitative estimate of drug-likeness (QED) is 0.372. The number of benzene rings is 1. The van der Waals surface area contributed by atoms with Crippen molar-refractivity contribution in [1.82, 2.24) is 29.2 Å². The molecular formula is C23H23FN8O3. The summed E-state index contributed by atoms with van der Waals surface area (Å²) < 4.78 is 18.3. The van der Waals surface area contributed by atoms with Crippen LogP contribution in [0.1, 0.15) is 17.0 Å². The van der Waals surface area contributed by atoms with Gasteiger partial charge in [-0.3, -0.25) is 14.3 Å². The topological polar surface area (TPSA) is 144 Å². The number of likely N-dealkylation sites (N-methyl/N-ethyl adjacent to an activating group) is 1. The number of nitrogen functional groups attached to an aromatic ring is 1. The van der Waals surface area contributed by atoms with Crippen molar-refractivity contribution in [3.8, 4) is 5.69 Å². The van der Waals surface area contributed by atoms with E-state index in [1.807, 2.05) is 6.07 Å². The Morgan fingerprint density at radius 2 is 2.00 bits per heavy atom. The van der Waals surface area contributed by atoms with Crippen LogP contribution in [0.4, 0.5) is 21.7 Å². The van der Waals surface area contributed by atoms with Crippen molar-refractivity contribution in [3.63, 3.8) is 0 Å². The van der Waals surface area contributed by atoms with Crippen molar-refractivity contribution in [2.75, 3.05) is 24.6 Å². The number of hydrogen-bond acceptors (Lipinski definition) is 8. The van der Waals surface area contributed by atoms with E-state index in [4.69, 9.17) is 5.73 Å². The average Bonchev–Trinajstić information content (AvgIpc) is 3.15. The van der Waals surface area contributed by atoms with Crippen molar-refractivity contribution >= 4 is 34.0 Å². The van der Waals surface area contributed by atoms with E-state index >= 15 is 4.39 Å². The monoisotopic (exact) mass is 478 g/mol. The van der Waals surface area contributed by atoms with Crippen LogP contribution in [0.2, 0.25) is 0 Å². The highest BCUT2D eigenvalue weighted by molar-refractivity contribution is 5.96. The normalized spacial score (nSPS) is 13.7. The molecule has 1 aromatic carbocycles. The molecule has 1 amide bonds. The van der Waals surface area contributed by atoms with Crippen LogP contribution < -0.4 is 16.6 Å². The molecule has 0 fully saturated rings. The first-order chi connectivity index (χ1) is 16.8. The van der Waals surface area contributed by atoms with Crippen molar-refractivity contribution in [2.45, 2.75) is 26.5 Å². The van der Waals surface area contributed by atoms with Gasteiger partial charge in [-0.05, 0) is 24.4 Å². The molecule has 0 saturated heterocycles. The minimum Gasteiger partial charge on any atom is -0.396 e. The Morgan fingerprint density at radius 3 is 2.77 bits per heavy atom. The largest absolute Gasteiger partial charge is 0.396 e. The number of rotatable bonds is 4. The molecule has 11 nitrogen and oxygen atoms in total. The Labute approximate surface area is 198 Å². The molecule has 0 saturated carbocycles. The highest BCUT2D eigenvalue weighted by atomic mass is 19.1. The van der Waals surface area contributed by atoms with Crippen molar-refractivity contribution in [2.24, 2.45) is 0 Å². The maximum atomic E-state index is 15.2. The molecule has 0 bridgehead atoms. The van der Waals surface area contributed by atoms with Crippen molar-refractivity contribution in [3.05, 3.63) is 63.8 Å². The van der Waals surface area contributed by atoms with Crippen LogP contribution in [0.3, 0.4) is 0 Å². The Morgan fingerprint density at radius 1 is 1.20 bits per heavy atom. The van der Waals surface area contributed by atoms with E-state index in [-0.39, 0.29) is 29.4 Å². The lowest BCUT2D eigenvalue weighted by atomic mass is 10.1. The Bertz CT molecular complexity index is 1540. The second kappa shape index (κ2) is 8.47. The smallest absolute Gasteiger partial charge is 0.278 e. The second-order valence-electron chi connectivity index (χ2n) is 8.42. The molecule has 4 heterocycles. The lowest BCUT2D eigenvalue weighted by Gasteiger charge is -2.16.